The molecule has 0 saturated carbocycles. The highest BCUT2D eigenvalue weighted by molar-refractivity contribution is 9.11. The Bertz CT molecular complexity index is 685. The highest BCUT2D eigenvalue weighted by atomic mass is 79.9. The van der Waals surface area contributed by atoms with Crippen LogP contribution in [0.4, 0.5) is 11.5 Å². The Morgan fingerprint density at radius 1 is 1.33 bits per heavy atom. The van der Waals surface area contributed by atoms with E-state index in [4.69, 9.17) is 5.73 Å². The van der Waals surface area contributed by atoms with E-state index in [0.29, 0.717) is 14.6 Å². The number of pyridine rings is 1. The number of hydrogen-bond donors (Lipinski definition) is 2. The topological polar surface area (TPSA) is 85.1 Å². The molecule has 0 spiro atoms. The Morgan fingerprint density at radius 2 is 2.06 bits per heavy atom. The van der Waals surface area contributed by atoms with Gasteiger partial charge in [0, 0.05) is 4.47 Å². The Kier molecular flexibility index (Phi) is 3.95. The van der Waals surface area contributed by atoms with Gasteiger partial charge >= 0.3 is 0 Å². The summed E-state index contributed by atoms with van der Waals surface area (Å²) in [6.45, 7) is 0. The fourth-order valence-corrected chi connectivity index (χ4v) is 5.14. The van der Waals surface area contributed by atoms with Crippen LogP contribution in [0.3, 0.4) is 0 Å². The number of nitrogen functional groups attached to an aromatic ring is 1. The molecule has 2 rings (SSSR count). The number of hydrogen-bond acceptors (Lipinski definition) is 5. The predicted octanol–water partition coefficient (Wildman–Crippen LogP) is 3.05. The smallest absolute Gasteiger partial charge is 0.273 e. The second kappa shape index (κ2) is 5.16. The van der Waals surface area contributed by atoms with Crippen LogP contribution in [-0.2, 0) is 10.0 Å². The monoisotopic (exact) mass is 411 g/mol. The minimum Gasteiger partial charge on any atom is -0.397 e. The molecule has 9 heteroatoms. The van der Waals surface area contributed by atoms with E-state index < -0.39 is 10.0 Å². The molecule has 2 aromatic rings. The van der Waals surface area contributed by atoms with E-state index in [9.17, 15) is 8.42 Å². The van der Waals surface area contributed by atoms with Gasteiger partial charge in [-0.25, -0.2) is 13.4 Å². The van der Waals surface area contributed by atoms with Gasteiger partial charge in [0.05, 0.1) is 16.4 Å². The Morgan fingerprint density at radius 3 is 2.61 bits per heavy atom. The third-order valence-corrected chi connectivity index (χ3v) is 6.54. The number of nitrogens with two attached hydrogens (primary N) is 1. The van der Waals surface area contributed by atoms with Crippen LogP contribution in [0.5, 0.6) is 0 Å². The molecule has 0 saturated heterocycles. The SMILES string of the molecule is Nc1cnc(NS(=O)(=O)c2sccc2Br)c(Br)c1. The molecule has 96 valence electrons. The zero-order chi connectivity index (χ0) is 13.3. The number of halogens is 2. The van der Waals surface area contributed by atoms with Crippen LogP contribution in [0.2, 0.25) is 0 Å². The maximum atomic E-state index is 12.1. The molecule has 0 radical (unpaired) electrons. The van der Waals surface area contributed by atoms with Crippen molar-refractivity contribution in [1.29, 1.82) is 0 Å². The molecule has 5 nitrogen and oxygen atoms in total. The molecular weight excluding hydrogens is 406 g/mol. The van der Waals surface area contributed by atoms with Gasteiger partial charge in [0.1, 0.15) is 0 Å². The molecule has 3 N–H and O–H groups in total. The summed E-state index contributed by atoms with van der Waals surface area (Å²) in [5.41, 5.74) is 5.98. The average molecular weight is 413 g/mol. The summed E-state index contributed by atoms with van der Waals surface area (Å²) in [6.07, 6.45) is 1.38. The third-order valence-electron chi connectivity index (χ3n) is 1.92. The van der Waals surface area contributed by atoms with Crippen LogP contribution in [0.15, 0.2) is 36.9 Å². The molecule has 0 atom stereocenters. The van der Waals surface area contributed by atoms with Crippen molar-refractivity contribution in [2.75, 3.05) is 10.5 Å². The maximum Gasteiger partial charge on any atom is 0.273 e. The van der Waals surface area contributed by atoms with E-state index in [1.807, 2.05) is 0 Å². The van der Waals surface area contributed by atoms with Crippen LogP contribution in [0.25, 0.3) is 0 Å². The van der Waals surface area contributed by atoms with Crippen LogP contribution in [0.1, 0.15) is 0 Å². The standard InChI is InChI=1S/C9H7Br2N3O2S2/c10-6-1-2-17-9(6)18(15,16)14-8-7(11)3-5(12)4-13-8/h1-4H,12H2,(H,13,14). The van der Waals surface area contributed by atoms with E-state index in [0.717, 1.165) is 11.3 Å². The molecule has 0 aliphatic rings. The van der Waals surface area contributed by atoms with Crippen molar-refractivity contribution in [3.63, 3.8) is 0 Å². The highest BCUT2D eigenvalue weighted by Gasteiger charge is 2.20. The first kappa shape index (κ1) is 13.8. The van der Waals surface area contributed by atoms with Gasteiger partial charge in [0.15, 0.2) is 10.0 Å². The second-order valence-electron chi connectivity index (χ2n) is 3.26. The first-order chi connectivity index (χ1) is 8.40. The van der Waals surface area contributed by atoms with Gasteiger partial charge in [-0.15, -0.1) is 11.3 Å². The second-order valence-corrected chi connectivity index (χ2v) is 7.76. The van der Waals surface area contributed by atoms with Gasteiger partial charge in [-0.2, -0.15) is 0 Å². The number of sulfonamides is 1. The van der Waals surface area contributed by atoms with Crippen LogP contribution >= 0.6 is 43.2 Å². The normalized spacial score (nSPS) is 11.4. The molecule has 0 bridgehead atoms. The summed E-state index contributed by atoms with van der Waals surface area (Å²) < 4.78 is 27.8. The molecular formula is C9H7Br2N3O2S2. The van der Waals surface area contributed by atoms with Crippen molar-refractivity contribution in [2.45, 2.75) is 4.21 Å². The van der Waals surface area contributed by atoms with Gasteiger partial charge in [0.25, 0.3) is 10.0 Å². The Labute approximate surface area is 125 Å². The lowest BCUT2D eigenvalue weighted by Crippen LogP contribution is -2.13. The summed E-state index contributed by atoms with van der Waals surface area (Å²) in [4.78, 5) is 3.93. The van der Waals surface area contributed by atoms with Gasteiger partial charge in [0.2, 0.25) is 0 Å². The molecule has 0 unspecified atom stereocenters. The molecule has 18 heavy (non-hydrogen) atoms. The van der Waals surface area contributed by atoms with Crippen molar-refractivity contribution in [2.24, 2.45) is 0 Å². The quantitative estimate of drug-likeness (QED) is 0.811. The zero-order valence-electron chi connectivity index (χ0n) is 8.72. The number of anilines is 2. The molecule has 0 fully saturated rings. The van der Waals surface area contributed by atoms with E-state index in [1.165, 1.54) is 6.20 Å². The summed E-state index contributed by atoms with van der Waals surface area (Å²) in [5.74, 6) is 0.199. The van der Waals surface area contributed by atoms with Crippen LogP contribution in [-0.4, -0.2) is 13.4 Å². The molecule has 2 heterocycles. The van der Waals surface area contributed by atoms with Crippen molar-refractivity contribution in [3.8, 4) is 0 Å². The first-order valence-corrected chi connectivity index (χ1v) is 8.52. The Hall–Kier alpha value is -0.640. The van der Waals surface area contributed by atoms with Crippen molar-refractivity contribution in [1.82, 2.24) is 4.98 Å². The average Bonchev–Trinajstić information content (AvgIpc) is 2.69. The van der Waals surface area contributed by atoms with Gasteiger partial charge < -0.3 is 5.73 Å². The highest BCUT2D eigenvalue weighted by Crippen LogP contribution is 2.30. The first-order valence-electron chi connectivity index (χ1n) is 4.57. The number of nitrogens with one attached hydrogen (secondary N) is 1. The summed E-state index contributed by atoms with van der Waals surface area (Å²) in [7, 11) is -3.65. The van der Waals surface area contributed by atoms with Crippen molar-refractivity contribution >= 4 is 64.7 Å². The number of thiophene rings is 1. The fourth-order valence-electron chi connectivity index (χ4n) is 1.17. The lowest BCUT2D eigenvalue weighted by atomic mass is 10.4. The number of nitrogens with zero attached hydrogens (tertiary/aromatic N) is 1. The van der Waals surface area contributed by atoms with E-state index in [1.54, 1.807) is 17.5 Å². The van der Waals surface area contributed by atoms with Crippen molar-refractivity contribution < 1.29 is 8.42 Å². The lowest BCUT2D eigenvalue weighted by molar-refractivity contribution is 0.602. The largest absolute Gasteiger partial charge is 0.397 e. The van der Waals surface area contributed by atoms with Crippen LogP contribution < -0.4 is 10.5 Å². The zero-order valence-corrected chi connectivity index (χ0v) is 13.5. The van der Waals surface area contributed by atoms with Crippen molar-refractivity contribution in [3.05, 3.63) is 32.7 Å². The summed E-state index contributed by atoms with van der Waals surface area (Å²) in [5, 5.41) is 1.68. The lowest BCUT2D eigenvalue weighted by Gasteiger charge is -2.08. The molecule has 2 aromatic heterocycles. The minimum atomic E-state index is -3.65. The Balaban J connectivity index is 2.37. The fraction of sp³-hybridized carbons (Fsp3) is 0. The minimum absolute atomic E-state index is 0.199. The summed E-state index contributed by atoms with van der Waals surface area (Å²) >= 11 is 7.51. The van der Waals surface area contributed by atoms with Gasteiger partial charge in [-0.05, 0) is 49.4 Å². The van der Waals surface area contributed by atoms with Gasteiger partial charge in [-0.3, -0.25) is 4.72 Å². The number of rotatable bonds is 3. The summed E-state index contributed by atoms with van der Waals surface area (Å²) in [6, 6.07) is 3.25. The third kappa shape index (κ3) is 2.85. The molecule has 0 aliphatic carbocycles. The van der Waals surface area contributed by atoms with E-state index in [2.05, 4.69) is 41.6 Å². The van der Waals surface area contributed by atoms with E-state index in [-0.39, 0.29) is 10.0 Å². The molecule has 0 aliphatic heterocycles. The van der Waals surface area contributed by atoms with Crippen LogP contribution in [0, 0.1) is 0 Å². The molecule has 0 amide bonds. The maximum absolute atomic E-state index is 12.1. The predicted molar refractivity (Wildman–Crippen MR) is 79.2 cm³/mol. The number of aromatic nitrogens is 1. The molecule has 0 aromatic carbocycles. The van der Waals surface area contributed by atoms with E-state index >= 15 is 0 Å². The van der Waals surface area contributed by atoms with Gasteiger partial charge in [-0.1, -0.05) is 0 Å².